The molecule has 0 aromatic heterocycles. The zero-order valence-corrected chi connectivity index (χ0v) is 12.3. The van der Waals surface area contributed by atoms with E-state index in [1.807, 2.05) is 0 Å². The maximum Gasteiger partial charge on any atom is 0.297 e. The summed E-state index contributed by atoms with van der Waals surface area (Å²) in [5.41, 5.74) is 0. The maximum absolute atomic E-state index is 11.3. The molecule has 0 heterocycles. The predicted octanol–water partition coefficient (Wildman–Crippen LogP) is 1.64. The summed E-state index contributed by atoms with van der Waals surface area (Å²) in [4.78, 5) is 0.164. The lowest BCUT2D eigenvalue weighted by Gasteiger charge is -2.01. The second-order valence-electron chi connectivity index (χ2n) is 3.38. The van der Waals surface area contributed by atoms with Crippen LogP contribution in [0, 0.1) is 0 Å². The molecule has 1 aromatic carbocycles. The number of rotatable bonds is 6. The van der Waals surface area contributed by atoms with Gasteiger partial charge in [0.2, 0.25) is 0 Å². The molecule has 0 atom stereocenters. The minimum Gasteiger partial charge on any atom is -0.285 e. The molecule has 0 aliphatic heterocycles. The standard InChI is InChI=1S/C9H10O3S.C3H6O3S/c1-2-8-12-13(10,11)9-6-4-3-5-7-9;1-2-3-7(4,5)6/h2-7H,1,8H2;2H,1,3H2,(H,4,5,6). The van der Waals surface area contributed by atoms with E-state index < -0.39 is 20.2 Å². The minimum atomic E-state index is -3.79. The van der Waals surface area contributed by atoms with Gasteiger partial charge < -0.3 is 0 Å². The lowest BCUT2D eigenvalue weighted by atomic mass is 10.4. The van der Waals surface area contributed by atoms with E-state index in [9.17, 15) is 16.8 Å². The van der Waals surface area contributed by atoms with Crippen molar-refractivity contribution in [1.29, 1.82) is 0 Å². The molecule has 0 saturated carbocycles. The van der Waals surface area contributed by atoms with E-state index in [1.54, 1.807) is 18.2 Å². The van der Waals surface area contributed by atoms with Crippen molar-refractivity contribution in [2.45, 2.75) is 4.90 Å². The largest absolute Gasteiger partial charge is 0.297 e. The van der Waals surface area contributed by atoms with Gasteiger partial charge in [0, 0.05) is 0 Å². The van der Waals surface area contributed by atoms with Crippen LogP contribution in [0.2, 0.25) is 0 Å². The Morgan fingerprint density at radius 2 is 1.60 bits per heavy atom. The summed E-state index contributed by atoms with van der Waals surface area (Å²) in [5, 5.41) is 0. The molecule has 0 spiro atoms. The number of hydrogen-bond acceptors (Lipinski definition) is 5. The SMILES string of the molecule is C=CCOS(=O)(=O)c1ccccc1.C=CCS(=O)(=O)O. The lowest BCUT2D eigenvalue weighted by molar-refractivity contribution is 0.357. The predicted molar refractivity (Wildman–Crippen MR) is 76.4 cm³/mol. The van der Waals surface area contributed by atoms with E-state index >= 15 is 0 Å². The van der Waals surface area contributed by atoms with Crippen molar-refractivity contribution in [3.63, 3.8) is 0 Å². The second-order valence-corrected chi connectivity index (χ2v) is 6.49. The van der Waals surface area contributed by atoms with Crippen molar-refractivity contribution < 1.29 is 25.6 Å². The molecule has 0 radical (unpaired) electrons. The van der Waals surface area contributed by atoms with Gasteiger partial charge in [0.25, 0.3) is 20.2 Å². The molecule has 0 saturated heterocycles. The van der Waals surface area contributed by atoms with Gasteiger partial charge in [-0.05, 0) is 12.1 Å². The van der Waals surface area contributed by atoms with Crippen molar-refractivity contribution in [2.24, 2.45) is 0 Å². The van der Waals surface area contributed by atoms with Gasteiger partial charge >= 0.3 is 0 Å². The third-order valence-corrected chi connectivity index (χ3v) is 3.65. The van der Waals surface area contributed by atoms with Crippen LogP contribution in [-0.2, 0) is 24.4 Å². The van der Waals surface area contributed by atoms with Gasteiger partial charge in [-0.1, -0.05) is 30.4 Å². The summed E-state index contributed by atoms with van der Waals surface area (Å²) < 4.78 is 54.6. The number of benzene rings is 1. The highest BCUT2D eigenvalue weighted by Gasteiger charge is 2.12. The molecular weight excluding hydrogens is 304 g/mol. The van der Waals surface area contributed by atoms with Gasteiger partial charge in [0.05, 0.1) is 17.3 Å². The summed E-state index contributed by atoms with van der Waals surface area (Å²) in [6.07, 6.45) is 2.51. The molecule has 0 aliphatic rings. The average molecular weight is 320 g/mol. The number of hydrogen-bond donors (Lipinski definition) is 1. The van der Waals surface area contributed by atoms with Crippen molar-refractivity contribution in [3.8, 4) is 0 Å². The zero-order chi connectivity index (χ0) is 15.6. The van der Waals surface area contributed by atoms with Crippen LogP contribution in [0.3, 0.4) is 0 Å². The van der Waals surface area contributed by atoms with Gasteiger partial charge in [-0.15, -0.1) is 13.2 Å². The van der Waals surface area contributed by atoms with E-state index in [4.69, 9.17) is 4.55 Å². The smallest absolute Gasteiger partial charge is 0.285 e. The monoisotopic (exact) mass is 320 g/mol. The molecule has 1 N–H and O–H groups in total. The summed E-state index contributed by atoms with van der Waals surface area (Å²) in [6, 6.07) is 8.00. The van der Waals surface area contributed by atoms with Crippen LogP contribution in [0.15, 0.2) is 60.5 Å². The minimum absolute atomic E-state index is 0.00275. The van der Waals surface area contributed by atoms with Gasteiger partial charge in [0.1, 0.15) is 0 Å². The third kappa shape index (κ3) is 8.59. The van der Waals surface area contributed by atoms with E-state index in [0.29, 0.717) is 0 Å². The molecular formula is C12H16O6S2. The lowest BCUT2D eigenvalue weighted by Crippen LogP contribution is -2.05. The fraction of sp³-hybridized carbons (Fsp3) is 0.167. The molecule has 0 unspecified atom stereocenters. The Morgan fingerprint density at radius 1 is 1.05 bits per heavy atom. The van der Waals surface area contributed by atoms with Crippen molar-refractivity contribution >= 4 is 20.2 Å². The molecule has 0 fully saturated rings. The fourth-order valence-corrected chi connectivity index (χ4v) is 2.14. The van der Waals surface area contributed by atoms with Crippen LogP contribution < -0.4 is 0 Å². The first-order chi connectivity index (χ1) is 9.23. The fourth-order valence-electron chi connectivity index (χ4n) is 0.942. The molecule has 0 bridgehead atoms. The van der Waals surface area contributed by atoms with Crippen LogP contribution in [0.5, 0.6) is 0 Å². The summed E-state index contributed by atoms with van der Waals surface area (Å²) in [6.45, 7) is 6.47. The summed E-state index contributed by atoms with van der Waals surface area (Å²) in [7, 11) is -7.39. The van der Waals surface area contributed by atoms with Crippen molar-refractivity contribution in [3.05, 3.63) is 55.6 Å². The van der Waals surface area contributed by atoms with Crippen molar-refractivity contribution in [2.75, 3.05) is 12.4 Å². The van der Waals surface area contributed by atoms with E-state index in [-0.39, 0.29) is 17.3 Å². The quantitative estimate of drug-likeness (QED) is 0.486. The van der Waals surface area contributed by atoms with Crippen LogP contribution in [0.25, 0.3) is 0 Å². The third-order valence-electron chi connectivity index (χ3n) is 1.70. The van der Waals surface area contributed by atoms with E-state index in [2.05, 4.69) is 17.3 Å². The normalized spacial score (nSPS) is 11.1. The topological polar surface area (TPSA) is 97.7 Å². The van der Waals surface area contributed by atoms with Crippen LogP contribution in [0.1, 0.15) is 0 Å². The Balaban J connectivity index is 0.000000441. The highest BCUT2D eigenvalue weighted by Crippen LogP contribution is 2.10. The Bertz CT molecular complexity index is 617. The Kier molecular flexibility index (Phi) is 8.00. The van der Waals surface area contributed by atoms with Gasteiger partial charge in [-0.3, -0.25) is 8.74 Å². The molecule has 1 rings (SSSR count). The Labute approximate surface area is 119 Å². The van der Waals surface area contributed by atoms with E-state index in [1.165, 1.54) is 18.2 Å². The highest BCUT2D eigenvalue weighted by molar-refractivity contribution is 7.86. The van der Waals surface area contributed by atoms with Crippen LogP contribution in [-0.4, -0.2) is 33.7 Å². The summed E-state index contributed by atoms with van der Waals surface area (Å²) in [5.74, 6) is -0.368. The molecule has 8 heteroatoms. The summed E-state index contributed by atoms with van der Waals surface area (Å²) >= 11 is 0. The maximum atomic E-state index is 11.3. The first kappa shape index (κ1) is 18.5. The highest BCUT2D eigenvalue weighted by atomic mass is 32.2. The molecule has 6 nitrogen and oxygen atoms in total. The zero-order valence-electron chi connectivity index (χ0n) is 10.7. The van der Waals surface area contributed by atoms with E-state index in [0.717, 1.165) is 6.08 Å². The molecule has 1 aromatic rings. The Morgan fingerprint density at radius 3 is 1.95 bits per heavy atom. The first-order valence-corrected chi connectivity index (χ1v) is 8.36. The van der Waals surface area contributed by atoms with Crippen LogP contribution >= 0.6 is 0 Å². The van der Waals surface area contributed by atoms with Crippen molar-refractivity contribution in [1.82, 2.24) is 0 Å². The van der Waals surface area contributed by atoms with Gasteiger partial charge in [0.15, 0.2) is 0 Å². The molecule has 112 valence electrons. The first-order valence-electron chi connectivity index (χ1n) is 5.34. The van der Waals surface area contributed by atoms with Gasteiger partial charge in [-0.25, -0.2) is 0 Å². The average Bonchev–Trinajstić information content (AvgIpc) is 2.37. The van der Waals surface area contributed by atoms with Gasteiger partial charge in [-0.2, -0.15) is 16.8 Å². The van der Waals surface area contributed by atoms with Crippen LogP contribution in [0.4, 0.5) is 0 Å². The Hall–Kier alpha value is -1.48. The second kappa shape index (κ2) is 8.64. The molecule has 20 heavy (non-hydrogen) atoms. The molecule has 0 amide bonds. The molecule has 0 aliphatic carbocycles.